The molecule has 0 fully saturated rings. The smallest absolute Gasteiger partial charge is 0.338 e. The number of ether oxygens (including phenoxy) is 2. The monoisotopic (exact) mass is 410 g/mol. The molecule has 0 aliphatic carbocycles. The summed E-state index contributed by atoms with van der Waals surface area (Å²) in [6.07, 6.45) is 5.07. The van der Waals surface area contributed by atoms with Crippen LogP contribution in [0.3, 0.4) is 0 Å². The number of hydrogen-bond donors (Lipinski definition) is 0. The van der Waals surface area contributed by atoms with E-state index in [2.05, 4.69) is 20.8 Å². The van der Waals surface area contributed by atoms with Crippen molar-refractivity contribution in [1.29, 1.82) is 0 Å². The third kappa shape index (κ3) is 7.01. The minimum Gasteiger partial charge on any atom is -0.459 e. The van der Waals surface area contributed by atoms with Gasteiger partial charge in [-0.1, -0.05) is 76.4 Å². The lowest BCUT2D eigenvalue weighted by Gasteiger charge is -2.36. The van der Waals surface area contributed by atoms with Crippen LogP contribution in [0.15, 0.2) is 60.7 Å². The molecule has 0 bridgehead atoms. The second-order valence-corrected chi connectivity index (χ2v) is 7.82. The molecule has 0 aliphatic rings. The Kier molecular flexibility index (Phi) is 9.59. The highest BCUT2D eigenvalue weighted by molar-refractivity contribution is 5.90. The van der Waals surface area contributed by atoms with Gasteiger partial charge in [0.2, 0.25) is 0 Å². The summed E-state index contributed by atoms with van der Waals surface area (Å²) in [5.41, 5.74) is 0.437. The fourth-order valence-electron chi connectivity index (χ4n) is 3.95. The van der Waals surface area contributed by atoms with E-state index < -0.39 is 5.60 Å². The number of rotatable bonds is 12. The van der Waals surface area contributed by atoms with Crippen molar-refractivity contribution in [1.82, 2.24) is 0 Å². The van der Waals surface area contributed by atoms with Crippen molar-refractivity contribution >= 4 is 11.9 Å². The molecule has 0 heterocycles. The average Bonchev–Trinajstić information content (AvgIpc) is 2.75. The van der Waals surface area contributed by atoms with Gasteiger partial charge < -0.3 is 9.47 Å². The van der Waals surface area contributed by atoms with Gasteiger partial charge in [0.25, 0.3) is 0 Å². The Morgan fingerprint density at radius 3 is 1.73 bits per heavy atom. The molecule has 30 heavy (non-hydrogen) atoms. The van der Waals surface area contributed by atoms with Crippen LogP contribution in [0.1, 0.15) is 86.4 Å². The summed E-state index contributed by atoms with van der Waals surface area (Å²) >= 11 is 0. The fourth-order valence-corrected chi connectivity index (χ4v) is 3.95. The first-order valence-corrected chi connectivity index (χ1v) is 11.1. The SMILES string of the molecule is CCCC(CC(CCC)(CCC)OC(=O)c1ccccc1)OC(=O)c1ccccc1. The van der Waals surface area contributed by atoms with Crippen LogP contribution in [-0.4, -0.2) is 23.6 Å². The zero-order valence-electron chi connectivity index (χ0n) is 18.4. The highest BCUT2D eigenvalue weighted by Crippen LogP contribution is 2.33. The van der Waals surface area contributed by atoms with E-state index in [1.807, 2.05) is 36.4 Å². The normalized spacial score (nSPS) is 12.2. The maximum absolute atomic E-state index is 12.9. The van der Waals surface area contributed by atoms with Gasteiger partial charge in [0.15, 0.2) is 0 Å². The Bertz CT molecular complexity index is 764. The first-order chi connectivity index (χ1) is 14.5. The standard InChI is InChI=1S/C26H34O4/c1-4-13-23(29-24(27)21-14-9-7-10-15-21)20-26(18-5-2,19-6-3)30-25(28)22-16-11-8-12-17-22/h7-12,14-17,23H,4-6,13,18-20H2,1-3H3. The van der Waals surface area contributed by atoms with Crippen LogP contribution in [0.2, 0.25) is 0 Å². The number of benzene rings is 2. The lowest BCUT2D eigenvalue weighted by molar-refractivity contribution is -0.0591. The van der Waals surface area contributed by atoms with E-state index in [1.165, 1.54) is 0 Å². The first-order valence-electron chi connectivity index (χ1n) is 11.1. The number of carbonyl (C=O) groups excluding carboxylic acids is 2. The lowest BCUT2D eigenvalue weighted by atomic mass is 9.85. The molecule has 0 amide bonds. The third-order valence-electron chi connectivity index (χ3n) is 5.22. The molecule has 2 aromatic rings. The molecule has 1 unspecified atom stereocenters. The first kappa shape index (κ1) is 23.7. The van der Waals surface area contributed by atoms with Crippen molar-refractivity contribution in [2.75, 3.05) is 0 Å². The molecule has 0 saturated heterocycles. The molecule has 4 heteroatoms. The van der Waals surface area contributed by atoms with Gasteiger partial charge in [0.1, 0.15) is 11.7 Å². The van der Waals surface area contributed by atoms with Gasteiger partial charge in [-0.3, -0.25) is 0 Å². The largest absolute Gasteiger partial charge is 0.459 e. The number of carbonyl (C=O) groups is 2. The maximum Gasteiger partial charge on any atom is 0.338 e. The highest BCUT2D eigenvalue weighted by Gasteiger charge is 2.37. The van der Waals surface area contributed by atoms with Gasteiger partial charge in [-0.05, 0) is 43.5 Å². The van der Waals surface area contributed by atoms with E-state index >= 15 is 0 Å². The Morgan fingerprint density at radius 1 is 0.767 bits per heavy atom. The summed E-state index contributed by atoms with van der Waals surface area (Å²) in [6, 6.07) is 18.1. The van der Waals surface area contributed by atoms with Crippen LogP contribution in [-0.2, 0) is 9.47 Å². The Labute approximate surface area is 180 Å². The van der Waals surface area contributed by atoms with Crippen LogP contribution >= 0.6 is 0 Å². The minimum absolute atomic E-state index is 0.302. The molecule has 162 valence electrons. The van der Waals surface area contributed by atoms with Crippen molar-refractivity contribution in [3.05, 3.63) is 71.8 Å². The summed E-state index contributed by atoms with van der Waals surface area (Å²) in [6.45, 7) is 6.25. The van der Waals surface area contributed by atoms with E-state index in [4.69, 9.17) is 9.47 Å². The topological polar surface area (TPSA) is 52.6 Å². The zero-order valence-corrected chi connectivity index (χ0v) is 18.4. The molecule has 0 N–H and O–H groups in total. The van der Waals surface area contributed by atoms with Crippen LogP contribution < -0.4 is 0 Å². The predicted octanol–water partition coefficient (Wildman–Crippen LogP) is 6.60. The maximum atomic E-state index is 12.9. The molecule has 0 spiro atoms. The summed E-state index contributed by atoms with van der Waals surface area (Å²) in [5, 5.41) is 0. The fraction of sp³-hybridized carbons (Fsp3) is 0.462. The molecule has 0 radical (unpaired) electrons. The van der Waals surface area contributed by atoms with Crippen molar-refractivity contribution in [3.8, 4) is 0 Å². The van der Waals surface area contributed by atoms with E-state index in [0.29, 0.717) is 17.5 Å². The van der Waals surface area contributed by atoms with Crippen molar-refractivity contribution in [3.63, 3.8) is 0 Å². The minimum atomic E-state index is -0.646. The summed E-state index contributed by atoms with van der Waals surface area (Å²) in [5.74, 6) is -0.646. The summed E-state index contributed by atoms with van der Waals surface area (Å²) in [4.78, 5) is 25.5. The molecule has 0 aliphatic heterocycles. The second-order valence-electron chi connectivity index (χ2n) is 7.82. The third-order valence-corrected chi connectivity index (χ3v) is 5.22. The second kappa shape index (κ2) is 12.2. The van der Waals surface area contributed by atoms with E-state index in [-0.39, 0.29) is 18.0 Å². The molecule has 0 aromatic heterocycles. The Morgan fingerprint density at radius 2 is 1.27 bits per heavy atom. The van der Waals surface area contributed by atoms with E-state index in [9.17, 15) is 9.59 Å². The molecule has 2 rings (SSSR count). The summed E-state index contributed by atoms with van der Waals surface area (Å²) in [7, 11) is 0. The molecule has 4 nitrogen and oxygen atoms in total. The van der Waals surface area contributed by atoms with Gasteiger partial charge in [-0.2, -0.15) is 0 Å². The highest BCUT2D eigenvalue weighted by atomic mass is 16.6. The van der Waals surface area contributed by atoms with Crippen LogP contribution in [0.4, 0.5) is 0 Å². The molecular formula is C26H34O4. The number of esters is 2. The van der Waals surface area contributed by atoms with E-state index in [0.717, 1.165) is 38.5 Å². The molecule has 1 atom stereocenters. The van der Waals surface area contributed by atoms with Crippen LogP contribution in [0.5, 0.6) is 0 Å². The average molecular weight is 411 g/mol. The molecule has 2 aromatic carbocycles. The zero-order chi connectivity index (χ0) is 21.8. The molecular weight excluding hydrogens is 376 g/mol. The Balaban J connectivity index is 2.21. The summed E-state index contributed by atoms with van der Waals surface area (Å²) < 4.78 is 12.0. The lowest BCUT2D eigenvalue weighted by Crippen LogP contribution is -2.40. The van der Waals surface area contributed by atoms with Gasteiger partial charge in [0.05, 0.1) is 11.1 Å². The quantitative estimate of drug-likeness (QED) is 0.370. The Hall–Kier alpha value is -2.62. The predicted molar refractivity (Wildman–Crippen MR) is 120 cm³/mol. The van der Waals surface area contributed by atoms with E-state index in [1.54, 1.807) is 24.3 Å². The van der Waals surface area contributed by atoms with Gasteiger partial charge in [-0.25, -0.2) is 9.59 Å². The molecule has 0 saturated carbocycles. The number of hydrogen-bond acceptors (Lipinski definition) is 4. The van der Waals surface area contributed by atoms with Gasteiger partial charge in [-0.15, -0.1) is 0 Å². The van der Waals surface area contributed by atoms with Crippen molar-refractivity contribution < 1.29 is 19.1 Å². The van der Waals surface area contributed by atoms with Crippen LogP contribution in [0, 0.1) is 0 Å². The van der Waals surface area contributed by atoms with Crippen molar-refractivity contribution in [2.24, 2.45) is 0 Å². The van der Waals surface area contributed by atoms with Gasteiger partial charge in [0, 0.05) is 6.42 Å². The van der Waals surface area contributed by atoms with Gasteiger partial charge >= 0.3 is 11.9 Å². The van der Waals surface area contributed by atoms with Crippen molar-refractivity contribution in [2.45, 2.75) is 77.4 Å². The van der Waals surface area contributed by atoms with Crippen LogP contribution in [0.25, 0.3) is 0 Å².